The van der Waals surface area contributed by atoms with Crippen LogP contribution in [0.3, 0.4) is 0 Å². The molecular weight excluding hydrogens is 356 g/mol. The van der Waals surface area contributed by atoms with Gasteiger partial charge in [-0.05, 0) is 31.2 Å². The van der Waals surface area contributed by atoms with Gasteiger partial charge in [0.25, 0.3) is 0 Å². The van der Waals surface area contributed by atoms with Gasteiger partial charge in [0.2, 0.25) is 0 Å². The van der Waals surface area contributed by atoms with Gasteiger partial charge in [-0.2, -0.15) is 10.2 Å². The van der Waals surface area contributed by atoms with E-state index < -0.39 is 0 Å². The highest BCUT2D eigenvalue weighted by molar-refractivity contribution is 7.14. The maximum Gasteiger partial charge on any atom is 0.188 e. The molecule has 0 saturated heterocycles. The van der Waals surface area contributed by atoms with Crippen LogP contribution in [-0.4, -0.2) is 25.0 Å². The number of aromatic nitrogens is 5. The highest BCUT2D eigenvalue weighted by atomic mass is 32.1. The average molecular weight is 372 g/mol. The van der Waals surface area contributed by atoms with E-state index in [1.54, 1.807) is 11.3 Å². The van der Waals surface area contributed by atoms with E-state index in [4.69, 9.17) is 4.98 Å². The Balaban J connectivity index is 1.45. The zero-order chi connectivity index (χ0) is 18.2. The lowest BCUT2D eigenvalue weighted by molar-refractivity contribution is 0.847. The van der Waals surface area contributed by atoms with Gasteiger partial charge in [0.15, 0.2) is 10.9 Å². The second-order valence-corrected chi connectivity index (χ2v) is 7.03. The molecule has 2 N–H and O–H groups in total. The minimum Gasteiger partial charge on any atom is -0.314 e. The SMILES string of the molecule is Cc1c(-c2csc(Nc3n[nH]c4ccccc34)n2)cnn1-c1ccccc1. The first-order valence-electron chi connectivity index (χ1n) is 8.56. The Morgan fingerprint density at radius 3 is 2.74 bits per heavy atom. The molecule has 7 heteroatoms. The molecule has 0 radical (unpaired) electrons. The number of rotatable bonds is 4. The maximum absolute atomic E-state index is 4.73. The van der Waals surface area contributed by atoms with Crippen molar-refractivity contribution in [1.29, 1.82) is 0 Å². The molecule has 0 aliphatic heterocycles. The van der Waals surface area contributed by atoms with Crippen LogP contribution in [0.4, 0.5) is 10.9 Å². The van der Waals surface area contributed by atoms with Gasteiger partial charge in [-0.25, -0.2) is 9.67 Å². The largest absolute Gasteiger partial charge is 0.314 e. The molecule has 0 bridgehead atoms. The zero-order valence-electron chi connectivity index (χ0n) is 14.5. The number of anilines is 2. The standard InChI is InChI=1S/C20H16N6S/c1-13-16(11-21-26(13)14-7-3-2-4-8-14)18-12-27-20(22-18)23-19-15-9-5-6-10-17(15)24-25-19/h2-12H,1H3,(H2,22,23,24,25). The zero-order valence-corrected chi connectivity index (χ0v) is 15.4. The van der Waals surface area contributed by atoms with Gasteiger partial charge >= 0.3 is 0 Å². The molecule has 5 aromatic rings. The van der Waals surface area contributed by atoms with Crippen LogP contribution in [0.15, 0.2) is 66.2 Å². The van der Waals surface area contributed by atoms with E-state index in [2.05, 4.69) is 27.5 Å². The first-order valence-corrected chi connectivity index (χ1v) is 9.43. The summed E-state index contributed by atoms with van der Waals surface area (Å²) in [6, 6.07) is 18.1. The van der Waals surface area contributed by atoms with Crippen molar-refractivity contribution in [3.05, 3.63) is 71.9 Å². The summed E-state index contributed by atoms with van der Waals surface area (Å²) < 4.78 is 1.93. The molecule has 27 heavy (non-hydrogen) atoms. The quantitative estimate of drug-likeness (QED) is 0.469. The van der Waals surface area contributed by atoms with Crippen LogP contribution in [0.1, 0.15) is 5.69 Å². The predicted molar refractivity (Wildman–Crippen MR) is 109 cm³/mol. The Morgan fingerprint density at radius 2 is 1.85 bits per heavy atom. The van der Waals surface area contributed by atoms with Crippen molar-refractivity contribution >= 4 is 33.2 Å². The highest BCUT2D eigenvalue weighted by Crippen LogP contribution is 2.31. The van der Waals surface area contributed by atoms with Crippen molar-refractivity contribution in [2.24, 2.45) is 0 Å². The number of nitrogens with one attached hydrogen (secondary N) is 2. The molecule has 0 saturated carbocycles. The van der Waals surface area contributed by atoms with Crippen LogP contribution >= 0.6 is 11.3 Å². The predicted octanol–water partition coefficient (Wildman–Crippen LogP) is 4.92. The Morgan fingerprint density at radius 1 is 1.04 bits per heavy atom. The fourth-order valence-electron chi connectivity index (χ4n) is 3.11. The molecule has 132 valence electrons. The summed E-state index contributed by atoms with van der Waals surface area (Å²) in [4.78, 5) is 4.73. The number of thiazole rings is 1. The monoisotopic (exact) mass is 372 g/mol. The summed E-state index contributed by atoms with van der Waals surface area (Å²) in [5.74, 6) is 0.781. The summed E-state index contributed by atoms with van der Waals surface area (Å²) in [7, 11) is 0. The second kappa shape index (κ2) is 6.37. The molecule has 0 spiro atoms. The molecule has 0 aliphatic carbocycles. The normalized spacial score (nSPS) is 11.1. The number of hydrogen-bond acceptors (Lipinski definition) is 5. The number of fused-ring (bicyclic) bond motifs is 1. The lowest BCUT2D eigenvalue weighted by Crippen LogP contribution is -1.98. The van der Waals surface area contributed by atoms with Crippen molar-refractivity contribution in [1.82, 2.24) is 25.0 Å². The number of H-pyrrole nitrogens is 1. The highest BCUT2D eigenvalue weighted by Gasteiger charge is 2.14. The van der Waals surface area contributed by atoms with E-state index in [0.29, 0.717) is 0 Å². The van der Waals surface area contributed by atoms with Crippen molar-refractivity contribution in [3.63, 3.8) is 0 Å². The molecule has 6 nitrogen and oxygen atoms in total. The fourth-order valence-corrected chi connectivity index (χ4v) is 3.82. The summed E-state index contributed by atoms with van der Waals surface area (Å²) >= 11 is 1.55. The van der Waals surface area contributed by atoms with Crippen LogP contribution in [0.2, 0.25) is 0 Å². The third kappa shape index (κ3) is 2.78. The Labute approximate surface area is 159 Å². The van der Waals surface area contributed by atoms with Gasteiger partial charge in [-0.1, -0.05) is 30.3 Å². The van der Waals surface area contributed by atoms with E-state index in [0.717, 1.165) is 44.5 Å². The molecule has 3 heterocycles. The molecule has 2 aromatic carbocycles. The first-order chi connectivity index (χ1) is 13.3. The number of hydrogen-bond donors (Lipinski definition) is 2. The summed E-state index contributed by atoms with van der Waals surface area (Å²) in [6.45, 7) is 2.06. The van der Waals surface area contributed by atoms with Crippen LogP contribution in [0.5, 0.6) is 0 Å². The van der Waals surface area contributed by atoms with Crippen LogP contribution in [0.25, 0.3) is 27.8 Å². The second-order valence-electron chi connectivity index (χ2n) is 6.17. The van der Waals surface area contributed by atoms with Crippen molar-refractivity contribution in [2.45, 2.75) is 6.92 Å². The van der Waals surface area contributed by atoms with E-state index in [1.165, 1.54) is 0 Å². The topological polar surface area (TPSA) is 71.4 Å². The lowest BCUT2D eigenvalue weighted by Gasteiger charge is -2.04. The van der Waals surface area contributed by atoms with E-state index in [1.807, 2.05) is 70.9 Å². The Kier molecular flexibility index (Phi) is 3.72. The molecule has 0 unspecified atom stereocenters. The van der Waals surface area contributed by atoms with Crippen LogP contribution in [-0.2, 0) is 0 Å². The molecule has 0 atom stereocenters. The third-order valence-electron chi connectivity index (χ3n) is 4.49. The molecule has 0 aliphatic rings. The van der Waals surface area contributed by atoms with Gasteiger partial charge in [0, 0.05) is 16.3 Å². The third-order valence-corrected chi connectivity index (χ3v) is 5.24. The smallest absolute Gasteiger partial charge is 0.188 e. The van der Waals surface area contributed by atoms with Crippen molar-refractivity contribution < 1.29 is 0 Å². The van der Waals surface area contributed by atoms with Crippen molar-refractivity contribution in [2.75, 3.05) is 5.32 Å². The summed E-state index contributed by atoms with van der Waals surface area (Å²) in [6.07, 6.45) is 1.87. The van der Waals surface area contributed by atoms with Gasteiger partial charge in [0.1, 0.15) is 0 Å². The van der Waals surface area contributed by atoms with E-state index in [-0.39, 0.29) is 0 Å². The van der Waals surface area contributed by atoms with Gasteiger partial charge < -0.3 is 5.32 Å². The minimum absolute atomic E-state index is 0.781. The molecular formula is C20H16N6S. The fraction of sp³-hybridized carbons (Fsp3) is 0.0500. The van der Waals surface area contributed by atoms with Gasteiger partial charge in [-0.3, -0.25) is 5.10 Å². The van der Waals surface area contributed by atoms with Gasteiger partial charge in [0.05, 0.1) is 28.8 Å². The maximum atomic E-state index is 4.73. The Hall–Kier alpha value is -3.45. The number of benzene rings is 2. The molecule has 0 fully saturated rings. The number of aromatic amines is 1. The summed E-state index contributed by atoms with van der Waals surface area (Å²) in [5.41, 5.74) is 5.02. The number of nitrogens with zero attached hydrogens (tertiary/aromatic N) is 4. The Bertz CT molecular complexity index is 1220. The van der Waals surface area contributed by atoms with Crippen molar-refractivity contribution in [3.8, 4) is 16.9 Å². The molecule has 5 rings (SSSR count). The molecule has 0 amide bonds. The van der Waals surface area contributed by atoms with Gasteiger partial charge in [-0.15, -0.1) is 11.3 Å². The minimum atomic E-state index is 0.781. The van der Waals surface area contributed by atoms with Crippen LogP contribution in [0, 0.1) is 6.92 Å². The first kappa shape index (κ1) is 15.8. The summed E-state index contributed by atoms with van der Waals surface area (Å²) in [5, 5.41) is 19.1. The van der Waals surface area contributed by atoms with E-state index >= 15 is 0 Å². The van der Waals surface area contributed by atoms with Crippen LogP contribution < -0.4 is 5.32 Å². The van der Waals surface area contributed by atoms with E-state index in [9.17, 15) is 0 Å². The number of para-hydroxylation sites is 2. The molecule has 3 aromatic heterocycles. The lowest BCUT2D eigenvalue weighted by atomic mass is 10.2. The average Bonchev–Trinajstić information content (AvgIpc) is 3.42.